The Labute approximate surface area is 150 Å². The first-order chi connectivity index (χ1) is 12.4. The van der Waals surface area contributed by atoms with Gasteiger partial charge < -0.3 is 15.2 Å². The summed E-state index contributed by atoms with van der Waals surface area (Å²) in [5.41, 5.74) is 0.437. The summed E-state index contributed by atoms with van der Waals surface area (Å²) < 4.78 is 1.83. The number of H-pyrrole nitrogens is 1. The van der Waals surface area contributed by atoms with Crippen molar-refractivity contribution in [2.24, 2.45) is 5.92 Å². The van der Waals surface area contributed by atoms with Crippen LogP contribution in [0, 0.1) is 5.92 Å². The lowest BCUT2D eigenvalue weighted by Crippen LogP contribution is -2.50. The summed E-state index contributed by atoms with van der Waals surface area (Å²) in [5.74, 6) is 2.57. The lowest BCUT2D eigenvalue weighted by molar-refractivity contribution is 0.423. The molecule has 0 atom stereocenters. The summed E-state index contributed by atoms with van der Waals surface area (Å²) in [6.45, 7) is 8.76. The molecule has 0 saturated carbocycles. The van der Waals surface area contributed by atoms with Gasteiger partial charge in [0.05, 0.1) is 0 Å². The van der Waals surface area contributed by atoms with Gasteiger partial charge in [0.25, 0.3) is 5.56 Å². The summed E-state index contributed by atoms with van der Waals surface area (Å²) in [4.78, 5) is 20.5. The van der Waals surface area contributed by atoms with E-state index < -0.39 is 0 Å². The van der Waals surface area contributed by atoms with Crippen molar-refractivity contribution in [1.29, 1.82) is 0 Å². The summed E-state index contributed by atoms with van der Waals surface area (Å²) in [5, 5.41) is 16.3. The Balaban J connectivity index is 1.42. The minimum atomic E-state index is -0.196. The normalized spacial score (nSPS) is 15.3. The van der Waals surface area contributed by atoms with Gasteiger partial charge >= 0.3 is 0 Å². The predicted molar refractivity (Wildman–Crippen MR) is 98.5 cm³/mol. The van der Waals surface area contributed by atoms with Crippen LogP contribution in [0.1, 0.15) is 26.6 Å². The molecular weight excluding hydrogens is 332 g/mol. The second kappa shape index (κ2) is 6.08. The number of aromatic nitrogens is 6. The molecule has 0 amide bonds. The van der Waals surface area contributed by atoms with E-state index in [1.807, 2.05) is 16.6 Å². The molecule has 1 saturated heterocycles. The Kier molecular flexibility index (Phi) is 3.86. The number of nitrogens with zero attached hydrogens (tertiary/aromatic N) is 6. The summed E-state index contributed by atoms with van der Waals surface area (Å²) in [6, 6.07) is 3.92. The van der Waals surface area contributed by atoms with Crippen LogP contribution in [0.4, 0.5) is 11.6 Å². The molecule has 0 unspecified atom stereocenters. The van der Waals surface area contributed by atoms with Crippen LogP contribution in [-0.4, -0.2) is 49.4 Å². The van der Waals surface area contributed by atoms with E-state index in [1.54, 1.807) is 6.20 Å². The van der Waals surface area contributed by atoms with Gasteiger partial charge in [0, 0.05) is 43.4 Å². The van der Waals surface area contributed by atoms with Crippen LogP contribution in [0.3, 0.4) is 0 Å². The van der Waals surface area contributed by atoms with Gasteiger partial charge in [-0.25, -0.2) is 4.98 Å². The SMILES string of the molecule is CC(C)(C)c1nnc2ccc(N3CC(CNc4ncc[nH]c4=O)C3)nn12. The molecule has 4 heterocycles. The molecule has 3 aromatic heterocycles. The Morgan fingerprint density at radius 2 is 2.08 bits per heavy atom. The average Bonchev–Trinajstić information content (AvgIpc) is 2.98. The molecule has 136 valence electrons. The molecule has 2 N–H and O–H groups in total. The monoisotopic (exact) mass is 354 g/mol. The molecule has 9 nitrogen and oxygen atoms in total. The van der Waals surface area contributed by atoms with Crippen molar-refractivity contribution in [1.82, 2.24) is 29.8 Å². The van der Waals surface area contributed by atoms with Gasteiger partial charge in [0.2, 0.25) is 0 Å². The minimum absolute atomic E-state index is 0.123. The van der Waals surface area contributed by atoms with Crippen LogP contribution in [0.15, 0.2) is 29.3 Å². The molecule has 0 aliphatic carbocycles. The van der Waals surface area contributed by atoms with Crippen LogP contribution >= 0.6 is 0 Å². The zero-order chi connectivity index (χ0) is 18.3. The van der Waals surface area contributed by atoms with Crippen molar-refractivity contribution in [3.05, 3.63) is 40.7 Å². The summed E-state index contributed by atoms with van der Waals surface area (Å²) >= 11 is 0. The second-order valence-corrected chi connectivity index (χ2v) is 7.65. The van der Waals surface area contributed by atoms with Gasteiger partial charge in [-0.2, -0.15) is 4.52 Å². The largest absolute Gasteiger partial charge is 0.365 e. The summed E-state index contributed by atoms with van der Waals surface area (Å²) in [7, 11) is 0. The van der Waals surface area contributed by atoms with E-state index in [9.17, 15) is 4.79 Å². The molecule has 4 rings (SSSR count). The van der Waals surface area contributed by atoms with Crippen LogP contribution in [-0.2, 0) is 5.41 Å². The molecule has 0 radical (unpaired) electrons. The van der Waals surface area contributed by atoms with E-state index in [0.29, 0.717) is 18.3 Å². The maximum atomic E-state index is 11.6. The molecule has 26 heavy (non-hydrogen) atoms. The van der Waals surface area contributed by atoms with Crippen LogP contribution in [0.5, 0.6) is 0 Å². The van der Waals surface area contributed by atoms with Gasteiger partial charge in [0.1, 0.15) is 5.82 Å². The molecule has 1 fully saturated rings. The first kappa shape index (κ1) is 16.5. The first-order valence-corrected chi connectivity index (χ1v) is 8.67. The standard InChI is InChI=1S/C17H22N8O/c1-17(2,3)16-22-21-12-4-5-13(23-25(12)16)24-9-11(10-24)8-20-14-15(26)19-7-6-18-14/h4-7,11H,8-10H2,1-3H3,(H,18,20)(H,19,26). The maximum absolute atomic E-state index is 11.6. The molecular formula is C17H22N8O. The molecule has 9 heteroatoms. The van der Waals surface area contributed by atoms with Crippen LogP contribution < -0.4 is 15.8 Å². The highest BCUT2D eigenvalue weighted by Gasteiger charge is 2.29. The molecule has 3 aromatic rings. The number of rotatable bonds is 4. The number of aromatic amines is 1. The fourth-order valence-electron chi connectivity index (χ4n) is 3.02. The van der Waals surface area contributed by atoms with E-state index >= 15 is 0 Å². The highest BCUT2D eigenvalue weighted by molar-refractivity contribution is 5.48. The van der Waals surface area contributed by atoms with Crippen LogP contribution in [0.2, 0.25) is 0 Å². The highest BCUT2D eigenvalue weighted by Crippen LogP contribution is 2.25. The third-order valence-corrected chi connectivity index (χ3v) is 4.47. The fourth-order valence-corrected chi connectivity index (χ4v) is 3.02. The lowest BCUT2D eigenvalue weighted by Gasteiger charge is -2.40. The van der Waals surface area contributed by atoms with Crippen molar-refractivity contribution in [3.8, 4) is 0 Å². The number of anilines is 2. The number of hydrogen-bond donors (Lipinski definition) is 2. The van der Waals surface area contributed by atoms with Crippen molar-refractivity contribution in [2.75, 3.05) is 29.9 Å². The molecule has 1 aliphatic heterocycles. The topological polar surface area (TPSA) is 104 Å². The zero-order valence-electron chi connectivity index (χ0n) is 15.1. The quantitative estimate of drug-likeness (QED) is 0.722. The van der Waals surface area contributed by atoms with Gasteiger partial charge in [-0.3, -0.25) is 4.79 Å². The molecule has 0 aromatic carbocycles. The summed E-state index contributed by atoms with van der Waals surface area (Å²) in [6.07, 6.45) is 3.10. The van der Waals surface area contributed by atoms with Gasteiger partial charge in [0.15, 0.2) is 17.3 Å². The predicted octanol–water partition coefficient (Wildman–Crippen LogP) is 1.05. The Hall–Kier alpha value is -2.97. The smallest absolute Gasteiger partial charge is 0.290 e. The van der Waals surface area contributed by atoms with Gasteiger partial charge in [-0.15, -0.1) is 15.3 Å². The second-order valence-electron chi connectivity index (χ2n) is 7.65. The van der Waals surface area contributed by atoms with E-state index in [0.717, 1.165) is 30.4 Å². The van der Waals surface area contributed by atoms with Crippen molar-refractivity contribution in [3.63, 3.8) is 0 Å². The number of hydrogen-bond acceptors (Lipinski definition) is 7. The van der Waals surface area contributed by atoms with E-state index in [4.69, 9.17) is 5.10 Å². The highest BCUT2D eigenvalue weighted by atomic mass is 16.1. The van der Waals surface area contributed by atoms with Crippen molar-refractivity contribution >= 4 is 17.3 Å². The lowest BCUT2D eigenvalue weighted by atomic mass is 9.96. The van der Waals surface area contributed by atoms with E-state index in [2.05, 4.69) is 51.2 Å². The third kappa shape index (κ3) is 3.00. The Morgan fingerprint density at radius 1 is 1.27 bits per heavy atom. The van der Waals surface area contributed by atoms with Crippen molar-refractivity contribution < 1.29 is 0 Å². The van der Waals surface area contributed by atoms with Gasteiger partial charge in [-0.1, -0.05) is 20.8 Å². The third-order valence-electron chi connectivity index (χ3n) is 4.47. The van der Waals surface area contributed by atoms with Crippen LogP contribution in [0.25, 0.3) is 5.65 Å². The minimum Gasteiger partial charge on any atom is -0.365 e. The zero-order valence-corrected chi connectivity index (χ0v) is 15.1. The fraction of sp³-hybridized carbons (Fsp3) is 0.471. The molecule has 1 aliphatic rings. The number of nitrogens with one attached hydrogen (secondary N) is 2. The van der Waals surface area contributed by atoms with E-state index in [-0.39, 0.29) is 11.0 Å². The van der Waals surface area contributed by atoms with E-state index in [1.165, 1.54) is 6.20 Å². The number of fused-ring (bicyclic) bond motifs is 1. The Bertz CT molecular complexity index is 980. The average molecular weight is 354 g/mol. The molecule has 0 bridgehead atoms. The Morgan fingerprint density at radius 3 is 2.81 bits per heavy atom. The molecule has 0 spiro atoms. The van der Waals surface area contributed by atoms with Crippen molar-refractivity contribution in [2.45, 2.75) is 26.2 Å². The van der Waals surface area contributed by atoms with Gasteiger partial charge in [-0.05, 0) is 12.1 Å². The maximum Gasteiger partial charge on any atom is 0.290 e. The first-order valence-electron chi connectivity index (χ1n) is 8.67.